The van der Waals surface area contributed by atoms with Crippen LogP contribution in [-0.2, 0) is 0 Å². The van der Waals surface area contributed by atoms with E-state index < -0.39 is 6.10 Å². The van der Waals surface area contributed by atoms with Crippen molar-refractivity contribution in [2.24, 2.45) is 0 Å². The molecule has 1 amide bonds. The Kier molecular flexibility index (Phi) is 2.48. The number of aliphatic hydroxyl groups excluding tert-OH is 1. The van der Waals surface area contributed by atoms with E-state index in [2.05, 4.69) is 4.98 Å². The molecule has 1 atom stereocenters. The van der Waals surface area contributed by atoms with Crippen LogP contribution in [0.2, 0.25) is 0 Å². The third kappa shape index (κ3) is 1.73. The van der Waals surface area contributed by atoms with Crippen molar-refractivity contribution in [3.63, 3.8) is 0 Å². The fourth-order valence-electron chi connectivity index (χ4n) is 2.39. The number of nitrogens with one attached hydrogen (secondary N) is 1. The summed E-state index contributed by atoms with van der Waals surface area (Å²) in [6, 6.07) is 7.38. The number of nitrogen functional groups attached to an aromatic ring is 1. The number of aliphatic hydroxyl groups is 1. The van der Waals surface area contributed by atoms with Gasteiger partial charge >= 0.3 is 0 Å². The molecule has 0 unspecified atom stereocenters. The van der Waals surface area contributed by atoms with Crippen LogP contribution in [0.25, 0.3) is 10.9 Å². The molecule has 1 aromatic carbocycles. The summed E-state index contributed by atoms with van der Waals surface area (Å²) in [5.41, 5.74) is 7.80. The molecule has 0 aliphatic carbocycles. The zero-order chi connectivity index (χ0) is 12.7. The highest BCUT2D eigenvalue weighted by Gasteiger charge is 2.26. The quantitative estimate of drug-likeness (QED) is 0.654. The summed E-state index contributed by atoms with van der Waals surface area (Å²) < 4.78 is 0. The number of hydrogen-bond acceptors (Lipinski definition) is 3. The zero-order valence-corrected chi connectivity index (χ0v) is 9.89. The molecular weight excluding hydrogens is 230 g/mol. The normalized spacial score (nSPS) is 19.6. The monoisotopic (exact) mass is 245 g/mol. The van der Waals surface area contributed by atoms with Gasteiger partial charge in [0.25, 0.3) is 5.91 Å². The maximum absolute atomic E-state index is 12.2. The number of aromatic amines is 1. The van der Waals surface area contributed by atoms with Crippen LogP contribution in [0.4, 0.5) is 5.69 Å². The van der Waals surface area contributed by atoms with Gasteiger partial charge in [-0.15, -0.1) is 0 Å². The molecule has 94 valence electrons. The van der Waals surface area contributed by atoms with E-state index in [1.807, 2.05) is 12.1 Å². The molecule has 5 heteroatoms. The van der Waals surface area contributed by atoms with Gasteiger partial charge in [0.05, 0.1) is 17.3 Å². The highest BCUT2D eigenvalue weighted by atomic mass is 16.3. The van der Waals surface area contributed by atoms with Crippen LogP contribution in [0.3, 0.4) is 0 Å². The van der Waals surface area contributed by atoms with Crippen LogP contribution in [0.5, 0.6) is 0 Å². The lowest BCUT2D eigenvalue weighted by atomic mass is 10.2. The molecule has 0 radical (unpaired) electrons. The number of nitrogens with two attached hydrogens (primary N) is 1. The molecule has 1 aliphatic rings. The second-order valence-electron chi connectivity index (χ2n) is 4.69. The molecule has 4 N–H and O–H groups in total. The van der Waals surface area contributed by atoms with Crippen LogP contribution in [0, 0.1) is 0 Å². The number of amides is 1. The van der Waals surface area contributed by atoms with E-state index in [1.54, 1.807) is 17.0 Å². The summed E-state index contributed by atoms with van der Waals surface area (Å²) in [6.45, 7) is 1.01. The van der Waals surface area contributed by atoms with E-state index in [-0.39, 0.29) is 5.91 Å². The number of benzene rings is 1. The van der Waals surface area contributed by atoms with E-state index in [0.29, 0.717) is 30.9 Å². The van der Waals surface area contributed by atoms with Gasteiger partial charge in [0, 0.05) is 18.5 Å². The van der Waals surface area contributed by atoms with Crippen molar-refractivity contribution in [1.29, 1.82) is 0 Å². The third-order valence-corrected chi connectivity index (χ3v) is 3.37. The molecule has 0 saturated carbocycles. The Morgan fingerprint density at radius 2 is 2.33 bits per heavy atom. The second kappa shape index (κ2) is 4.03. The molecule has 18 heavy (non-hydrogen) atoms. The van der Waals surface area contributed by atoms with Gasteiger partial charge in [0.2, 0.25) is 0 Å². The van der Waals surface area contributed by atoms with Crippen LogP contribution in [0.1, 0.15) is 16.9 Å². The van der Waals surface area contributed by atoms with Gasteiger partial charge in [-0.2, -0.15) is 0 Å². The van der Waals surface area contributed by atoms with Gasteiger partial charge in [-0.25, -0.2) is 0 Å². The molecule has 5 nitrogen and oxygen atoms in total. The Bertz CT molecular complexity index is 605. The van der Waals surface area contributed by atoms with Gasteiger partial charge in [0.15, 0.2) is 0 Å². The Morgan fingerprint density at radius 1 is 1.50 bits per heavy atom. The average Bonchev–Trinajstić information content (AvgIpc) is 2.95. The zero-order valence-electron chi connectivity index (χ0n) is 9.89. The number of carbonyl (C=O) groups excluding carboxylic acids is 1. The van der Waals surface area contributed by atoms with E-state index >= 15 is 0 Å². The lowest BCUT2D eigenvalue weighted by molar-refractivity contribution is 0.0760. The Balaban J connectivity index is 1.95. The van der Waals surface area contributed by atoms with Gasteiger partial charge in [-0.1, -0.05) is 12.1 Å². The Hall–Kier alpha value is -2.01. The fourth-order valence-corrected chi connectivity index (χ4v) is 2.39. The molecule has 1 saturated heterocycles. The van der Waals surface area contributed by atoms with Crippen molar-refractivity contribution >= 4 is 22.5 Å². The average molecular weight is 245 g/mol. The maximum atomic E-state index is 12.2. The molecule has 1 aromatic heterocycles. The standard InChI is InChI=1S/C13H15N3O2/c14-10-3-1-2-8-6-11(15-12(8)10)13(18)16-5-4-9(17)7-16/h1-3,6,9,15,17H,4-5,7,14H2/t9-/m0/s1. The van der Waals surface area contributed by atoms with Gasteiger partial charge < -0.3 is 20.7 Å². The first-order valence-electron chi connectivity index (χ1n) is 5.99. The predicted octanol–water partition coefficient (Wildman–Crippen LogP) is 0.957. The smallest absolute Gasteiger partial charge is 0.270 e. The Labute approximate surface area is 104 Å². The SMILES string of the molecule is Nc1cccc2cc(C(=O)N3CC[C@H](O)C3)[nH]c12. The van der Waals surface area contributed by atoms with Crippen molar-refractivity contribution in [3.05, 3.63) is 30.0 Å². The molecule has 2 aromatic rings. The van der Waals surface area contributed by atoms with Crippen LogP contribution in [0.15, 0.2) is 24.3 Å². The topological polar surface area (TPSA) is 82.3 Å². The fraction of sp³-hybridized carbons (Fsp3) is 0.308. The molecule has 0 bridgehead atoms. The number of carbonyl (C=O) groups is 1. The molecule has 3 rings (SSSR count). The number of likely N-dealkylation sites (tertiary alicyclic amines) is 1. The van der Waals surface area contributed by atoms with E-state index in [1.165, 1.54) is 0 Å². The third-order valence-electron chi connectivity index (χ3n) is 3.37. The number of anilines is 1. The first-order valence-corrected chi connectivity index (χ1v) is 5.99. The highest BCUT2D eigenvalue weighted by Crippen LogP contribution is 2.22. The van der Waals surface area contributed by atoms with Gasteiger partial charge in [-0.05, 0) is 18.6 Å². The van der Waals surface area contributed by atoms with Crippen LogP contribution < -0.4 is 5.73 Å². The molecule has 0 spiro atoms. The minimum Gasteiger partial charge on any atom is -0.397 e. The van der Waals surface area contributed by atoms with Crippen molar-refractivity contribution in [2.45, 2.75) is 12.5 Å². The van der Waals surface area contributed by atoms with Crippen LogP contribution in [-0.4, -0.2) is 40.1 Å². The largest absolute Gasteiger partial charge is 0.397 e. The predicted molar refractivity (Wildman–Crippen MR) is 69.2 cm³/mol. The lowest BCUT2D eigenvalue weighted by Crippen LogP contribution is -2.29. The van der Waals surface area contributed by atoms with Gasteiger partial charge in [0.1, 0.15) is 5.69 Å². The van der Waals surface area contributed by atoms with E-state index in [4.69, 9.17) is 5.73 Å². The van der Waals surface area contributed by atoms with E-state index in [9.17, 15) is 9.90 Å². The Morgan fingerprint density at radius 3 is 3.00 bits per heavy atom. The number of para-hydroxylation sites is 1. The lowest BCUT2D eigenvalue weighted by Gasteiger charge is -2.13. The van der Waals surface area contributed by atoms with Crippen molar-refractivity contribution < 1.29 is 9.90 Å². The van der Waals surface area contributed by atoms with Crippen LogP contribution >= 0.6 is 0 Å². The molecular formula is C13H15N3O2. The van der Waals surface area contributed by atoms with Crippen molar-refractivity contribution in [3.8, 4) is 0 Å². The number of rotatable bonds is 1. The molecule has 2 heterocycles. The number of fused-ring (bicyclic) bond motifs is 1. The maximum Gasteiger partial charge on any atom is 0.270 e. The summed E-state index contributed by atoms with van der Waals surface area (Å²) in [6.07, 6.45) is 0.247. The minimum atomic E-state index is -0.400. The summed E-state index contributed by atoms with van der Waals surface area (Å²) in [5, 5.41) is 10.4. The number of nitrogens with zero attached hydrogens (tertiary/aromatic N) is 1. The molecule has 1 fully saturated rings. The summed E-state index contributed by atoms with van der Waals surface area (Å²) >= 11 is 0. The second-order valence-corrected chi connectivity index (χ2v) is 4.69. The van der Waals surface area contributed by atoms with E-state index in [0.717, 1.165) is 10.9 Å². The summed E-state index contributed by atoms with van der Waals surface area (Å²) in [5.74, 6) is -0.0813. The summed E-state index contributed by atoms with van der Waals surface area (Å²) in [4.78, 5) is 16.9. The summed E-state index contributed by atoms with van der Waals surface area (Å²) in [7, 11) is 0. The number of hydrogen-bond donors (Lipinski definition) is 3. The number of β-amino-alcohol motifs (C(OH)–C–C–N with tert-alkyl or cyclic N) is 1. The highest BCUT2D eigenvalue weighted by molar-refractivity contribution is 6.00. The minimum absolute atomic E-state index is 0.0813. The molecule has 1 aliphatic heterocycles. The van der Waals surface area contributed by atoms with Crippen molar-refractivity contribution in [2.75, 3.05) is 18.8 Å². The number of H-pyrrole nitrogens is 1. The van der Waals surface area contributed by atoms with Gasteiger partial charge in [-0.3, -0.25) is 4.79 Å². The van der Waals surface area contributed by atoms with Crippen molar-refractivity contribution in [1.82, 2.24) is 9.88 Å². The number of aromatic nitrogens is 1. The first kappa shape index (κ1) is 11.1. The first-order chi connectivity index (χ1) is 8.65.